The number of likely N-dealkylation sites (tertiary alicyclic amines) is 1. The van der Waals surface area contributed by atoms with Crippen LogP contribution in [0.4, 0.5) is 0 Å². The zero-order chi connectivity index (χ0) is 16.8. The molecule has 2 aromatic rings. The maximum absolute atomic E-state index is 8.81. The minimum Gasteiger partial charge on any atom is -0.491 e. The summed E-state index contributed by atoms with van der Waals surface area (Å²) in [5, 5.41) is 8.81. The van der Waals surface area contributed by atoms with Gasteiger partial charge in [-0.25, -0.2) is 0 Å². The standard InChI is InChI=1S/C21H27NO2/c1-17-5-2-3-7-21(17)19-6-4-12-22(16-19)15-18-8-10-20(11-9-18)24-14-13-23/h2-3,5,7-11,19,23H,4,6,12-16H2,1H3/t19-/m0/s1. The number of rotatable bonds is 6. The van der Waals surface area contributed by atoms with Gasteiger partial charge in [0.05, 0.1) is 6.61 Å². The lowest BCUT2D eigenvalue weighted by molar-refractivity contribution is 0.198. The Morgan fingerprint density at radius 1 is 1.12 bits per heavy atom. The molecule has 1 N–H and O–H groups in total. The van der Waals surface area contributed by atoms with E-state index < -0.39 is 0 Å². The molecule has 0 saturated carbocycles. The smallest absolute Gasteiger partial charge is 0.119 e. The quantitative estimate of drug-likeness (QED) is 0.878. The number of piperidine rings is 1. The fourth-order valence-corrected chi connectivity index (χ4v) is 3.61. The van der Waals surface area contributed by atoms with Crippen LogP contribution in [0.25, 0.3) is 0 Å². The number of nitrogens with zero attached hydrogens (tertiary/aromatic N) is 1. The van der Waals surface area contributed by atoms with Crippen molar-refractivity contribution in [2.24, 2.45) is 0 Å². The van der Waals surface area contributed by atoms with Crippen LogP contribution in [0.3, 0.4) is 0 Å². The highest BCUT2D eigenvalue weighted by Gasteiger charge is 2.22. The molecule has 2 aromatic carbocycles. The van der Waals surface area contributed by atoms with Gasteiger partial charge in [0.15, 0.2) is 0 Å². The van der Waals surface area contributed by atoms with E-state index in [-0.39, 0.29) is 6.61 Å². The first-order valence-electron chi connectivity index (χ1n) is 8.87. The molecule has 1 saturated heterocycles. The van der Waals surface area contributed by atoms with E-state index in [2.05, 4.69) is 48.2 Å². The van der Waals surface area contributed by atoms with Crippen LogP contribution >= 0.6 is 0 Å². The van der Waals surface area contributed by atoms with Gasteiger partial charge in [0.2, 0.25) is 0 Å². The molecule has 3 nitrogen and oxygen atoms in total. The largest absolute Gasteiger partial charge is 0.491 e. The second kappa shape index (κ2) is 8.32. The first kappa shape index (κ1) is 17.0. The molecule has 0 spiro atoms. The first-order valence-corrected chi connectivity index (χ1v) is 8.87. The summed E-state index contributed by atoms with van der Waals surface area (Å²) in [6, 6.07) is 17.0. The molecule has 0 bridgehead atoms. The third-order valence-corrected chi connectivity index (χ3v) is 4.82. The first-order chi connectivity index (χ1) is 11.8. The van der Waals surface area contributed by atoms with Crippen molar-refractivity contribution in [1.82, 2.24) is 4.90 Å². The lowest BCUT2D eigenvalue weighted by Crippen LogP contribution is -2.34. The fourth-order valence-electron chi connectivity index (χ4n) is 3.61. The predicted octanol–water partition coefficient (Wildman–Crippen LogP) is 3.75. The molecule has 128 valence electrons. The van der Waals surface area contributed by atoms with Gasteiger partial charge in [-0.05, 0) is 61.1 Å². The second-order valence-corrected chi connectivity index (χ2v) is 6.65. The molecular formula is C21H27NO2. The molecule has 3 rings (SSSR count). The Bertz CT molecular complexity index is 639. The molecule has 1 aliphatic heterocycles. The highest BCUT2D eigenvalue weighted by molar-refractivity contribution is 5.30. The molecule has 0 radical (unpaired) electrons. The summed E-state index contributed by atoms with van der Waals surface area (Å²) in [6.07, 6.45) is 2.55. The van der Waals surface area contributed by atoms with Gasteiger partial charge >= 0.3 is 0 Å². The number of hydrogen-bond acceptors (Lipinski definition) is 3. The molecule has 0 unspecified atom stereocenters. The van der Waals surface area contributed by atoms with Gasteiger partial charge in [0.1, 0.15) is 12.4 Å². The Kier molecular flexibility index (Phi) is 5.89. The number of aryl methyl sites for hydroxylation is 1. The number of hydrogen-bond donors (Lipinski definition) is 1. The lowest BCUT2D eigenvalue weighted by atomic mass is 9.88. The van der Waals surface area contributed by atoms with Gasteiger partial charge in [-0.15, -0.1) is 0 Å². The van der Waals surface area contributed by atoms with Crippen molar-refractivity contribution in [3.8, 4) is 5.75 Å². The van der Waals surface area contributed by atoms with E-state index in [0.29, 0.717) is 12.5 Å². The third kappa shape index (κ3) is 4.37. The molecular weight excluding hydrogens is 298 g/mol. The summed E-state index contributed by atoms with van der Waals surface area (Å²) < 4.78 is 5.42. The minimum absolute atomic E-state index is 0.0514. The van der Waals surface area contributed by atoms with Crippen molar-refractivity contribution in [1.29, 1.82) is 0 Å². The van der Waals surface area contributed by atoms with E-state index in [9.17, 15) is 0 Å². The molecule has 0 aromatic heterocycles. The second-order valence-electron chi connectivity index (χ2n) is 6.65. The van der Waals surface area contributed by atoms with Crippen LogP contribution in [0.5, 0.6) is 5.75 Å². The van der Waals surface area contributed by atoms with Crippen molar-refractivity contribution >= 4 is 0 Å². The van der Waals surface area contributed by atoms with Gasteiger partial charge in [-0.1, -0.05) is 36.4 Å². The average molecular weight is 325 g/mol. The van der Waals surface area contributed by atoms with Crippen LogP contribution in [-0.4, -0.2) is 36.3 Å². The predicted molar refractivity (Wildman–Crippen MR) is 97.5 cm³/mol. The van der Waals surface area contributed by atoms with Crippen molar-refractivity contribution in [2.45, 2.75) is 32.2 Å². The van der Waals surface area contributed by atoms with Crippen LogP contribution in [0.1, 0.15) is 35.4 Å². The van der Waals surface area contributed by atoms with E-state index in [1.165, 1.54) is 36.1 Å². The van der Waals surface area contributed by atoms with Crippen molar-refractivity contribution in [3.05, 3.63) is 65.2 Å². The van der Waals surface area contributed by atoms with Gasteiger partial charge in [0.25, 0.3) is 0 Å². The third-order valence-electron chi connectivity index (χ3n) is 4.82. The maximum Gasteiger partial charge on any atom is 0.119 e. The molecule has 0 aliphatic carbocycles. The lowest BCUT2D eigenvalue weighted by Gasteiger charge is -2.33. The SMILES string of the molecule is Cc1ccccc1[C@H]1CCCN(Cc2ccc(OCCO)cc2)C1. The zero-order valence-corrected chi connectivity index (χ0v) is 14.4. The van der Waals surface area contributed by atoms with E-state index in [1.54, 1.807) is 0 Å². The Hall–Kier alpha value is -1.84. The van der Waals surface area contributed by atoms with Crippen LogP contribution in [0, 0.1) is 6.92 Å². The minimum atomic E-state index is 0.0514. The fraction of sp³-hybridized carbons (Fsp3) is 0.429. The molecule has 1 fully saturated rings. The molecule has 0 amide bonds. The number of aliphatic hydroxyl groups is 1. The Morgan fingerprint density at radius 2 is 1.92 bits per heavy atom. The van der Waals surface area contributed by atoms with E-state index in [0.717, 1.165) is 18.8 Å². The van der Waals surface area contributed by atoms with Crippen LogP contribution < -0.4 is 4.74 Å². The number of benzene rings is 2. The number of ether oxygens (including phenoxy) is 1. The highest BCUT2D eigenvalue weighted by atomic mass is 16.5. The normalized spacial score (nSPS) is 18.5. The molecule has 3 heteroatoms. The Labute approximate surface area is 144 Å². The molecule has 1 heterocycles. The van der Waals surface area contributed by atoms with Gasteiger partial charge in [-0.2, -0.15) is 0 Å². The van der Waals surface area contributed by atoms with E-state index in [1.807, 2.05) is 12.1 Å². The summed E-state index contributed by atoms with van der Waals surface area (Å²) in [4.78, 5) is 2.56. The maximum atomic E-state index is 8.81. The number of aliphatic hydroxyl groups excluding tert-OH is 1. The topological polar surface area (TPSA) is 32.7 Å². The Morgan fingerprint density at radius 3 is 2.67 bits per heavy atom. The van der Waals surface area contributed by atoms with Crippen molar-refractivity contribution in [2.75, 3.05) is 26.3 Å². The summed E-state index contributed by atoms with van der Waals surface area (Å²) in [6.45, 7) is 5.92. The highest BCUT2D eigenvalue weighted by Crippen LogP contribution is 2.29. The summed E-state index contributed by atoms with van der Waals surface area (Å²) >= 11 is 0. The van der Waals surface area contributed by atoms with Gasteiger partial charge < -0.3 is 9.84 Å². The van der Waals surface area contributed by atoms with Gasteiger partial charge in [0, 0.05) is 13.1 Å². The summed E-state index contributed by atoms with van der Waals surface area (Å²) in [7, 11) is 0. The summed E-state index contributed by atoms with van der Waals surface area (Å²) in [5.74, 6) is 1.47. The van der Waals surface area contributed by atoms with Crippen molar-refractivity contribution in [3.63, 3.8) is 0 Å². The van der Waals surface area contributed by atoms with Crippen LogP contribution in [0.2, 0.25) is 0 Å². The Balaban J connectivity index is 1.60. The van der Waals surface area contributed by atoms with Crippen molar-refractivity contribution < 1.29 is 9.84 Å². The summed E-state index contributed by atoms with van der Waals surface area (Å²) in [5.41, 5.74) is 4.24. The average Bonchev–Trinajstić information content (AvgIpc) is 2.62. The molecule has 1 aliphatic rings. The van der Waals surface area contributed by atoms with Crippen LogP contribution in [0.15, 0.2) is 48.5 Å². The molecule has 24 heavy (non-hydrogen) atoms. The van der Waals surface area contributed by atoms with E-state index >= 15 is 0 Å². The van der Waals surface area contributed by atoms with E-state index in [4.69, 9.17) is 9.84 Å². The monoisotopic (exact) mass is 325 g/mol. The van der Waals surface area contributed by atoms with Gasteiger partial charge in [-0.3, -0.25) is 4.90 Å². The van der Waals surface area contributed by atoms with Crippen LogP contribution in [-0.2, 0) is 6.54 Å². The molecule has 1 atom stereocenters. The zero-order valence-electron chi connectivity index (χ0n) is 14.4.